The van der Waals surface area contributed by atoms with Crippen LogP contribution in [-0.2, 0) is 9.53 Å². The van der Waals surface area contributed by atoms with Gasteiger partial charge in [-0.1, -0.05) is 6.07 Å². The van der Waals surface area contributed by atoms with E-state index >= 15 is 0 Å². The number of nitrogens with zero attached hydrogens (tertiary/aromatic N) is 7. The highest BCUT2D eigenvalue weighted by molar-refractivity contribution is 6.45. The number of methoxy groups -OCH3 is 1. The number of allylic oxidation sites excluding steroid dienone is 1. The van der Waals surface area contributed by atoms with Crippen molar-refractivity contribution in [3.63, 3.8) is 0 Å². The number of hydrogen-bond donors (Lipinski definition) is 1. The Morgan fingerprint density at radius 3 is 2.62 bits per heavy atom. The second kappa shape index (κ2) is 11.2. The van der Waals surface area contributed by atoms with Gasteiger partial charge < -0.3 is 19.4 Å². The second-order valence-electron chi connectivity index (χ2n) is 8.76. The molecule has 4 aromatic rings. The minimum absolute atomic E-state index is 0.110. The van der Waals surface area contributed by atoms with Gasteiger partial charge in [0.1, 0.15) is 18.1 Å². The number of likely N-dealkylation sites (tertiary alicyclic amines) is 1. The molecule has 4 aromatic heterocycles. The number of hydrogen-bond acceptors (Lipinski definition) is 10. The highest BCUT2D eigenvalue weighted by Crippen LogP contribution is 2.32. The molecule has 1 saturated heterocycles. The summed E-state index contributed by atoms with van der Waals surface area (Å²) in [5.41, 5.74) is 2.47. The maximum absolute atomic E-state index is 13.4. The topological polar surface area (TPSA) is 169 Å². The largest absolute Gasteiger partial charge is 0.494 e. The zero-order valence-electron chi connectivity index (χ0n) is 21.7. The first-order valence-electron chi connectivity index (χ1n) is 12.5. The maximum Gasteiger partial charge on any atom is 0.378 e. The number of carbonyl (C=O) groups is 3. The molecule has 0 aromatic carbocycles. The number of carbonyl (C=O) groups excluding carboxylic acids is 3. The zero-order valence-corrected chi connectivity index (χ0v) is 21.7. The van der Waals surface area contributed by atoms with E-state index in [9.17, 15) is 19.6 Å². The molecule has 5 rings (SSSR count). The van der Waals surface area contributed by atoms with Crippen molar-refractivity contribution in [3.8, 4) is 17.6 Å². The smallest absolute Gasteiger partial charge is 0.378 e. The summed E-state index contributed by atoms with van der Waals surface area (Å²) in [5.74, 6) is -1.68. The Balaban J connectivity index is 1.40. The first kappa shape index (κ1) is 26.2. The molecule has 1 amide bonds. The number of nitrogens with one attached hydrogen (secondary N) is 1. The van der Waals surface area contributed by atoms with Gasteiger partial charge in [0, 0.05) is 25.5 Å². The van der Waals surface area contributed by atoms with Gasteiger partial charge in [0.15, 0.2) is 5.82 Å². The number of ether oxygens (including phenoxy) is 2. The summed E-state index contributed by atoms with van der Waals surface area (Å²) >= 11 is 0. The van der Waals surface area contributed by atoms with E-state index in [1.807, 2.05) is 6.07 Å². The molecule has 0 saturated carbocycles. The van der Waals surface area contributed by atoms with Gasteiger partial charge >= 0.3 is 5.97 Å². The molecule has 1 N–H and O–H groups in total. The summed E-state index contributed by atoms with van der Waals surface area (Å²) in [7, 11) is 1.43. The fourth-order valence-electron chi connectivity index (χ4n) is 4.58. The van der Waals surface area contributed by atoms with Crippen LogP contribution in [0, 0.1) is 11.3 Å². The zero-order chi connectivity index (χ0) is 28.2. The molecule has 40 heavy (non-hydrogen) atoms. The van der Waals surface area contributed by atoms with Crippen LogP contribution in [0.25, 0.3) is 22.3 Å². The molecule has 5 heterocycles. The van der Waals surface area contributed by atoms with E-state index in [0.717, 1.165) is 5.57 Å². The Morgan fingerprint density at radius 2 is 1.95 bits per heavy atom. The van der Waals surface area contributed by atoms with Crippen LogP contribution in [0.5, 0.6) is 5.75 Å². The number of piperidine rings is 1. The number of aromatic amines is 1. The van der Waals surface area contributed by atoms with Crippen LogP contribution in [0.3, 0.4) is 0 Å². The molecule has 1 aliphatic heterocycles. The monoisotopic (exact) mass is 540 g/mol. The van der Waals surface area contributed by atoms with E-state index in [4.69, 9.17) is 9.47 Å². The predicted molar refractivity (Wildman–Crippen MR) is 140 cm³/mol. The number of fused-ring (bicyclic) bond motifs is 1. The first-order chi connectivity index (χ1) is 19.5. The van der Waals surface area contributed by atoms with Crippen molar-refractivity contribution in [2.45, 2.75) is 19.8 Å². The van der Waals surface area contributed by atoms with Crippen LogP contribution < -0.4 is 4.74 Å². The fraction of sp³-hybridized carbons (Fsp3) is 0.259. The lowest BCUT2D eigenvalue weighted by molar-refractivity contribution is -0.126. The van der Waals surface area contributed by atoms with E-state index in [-0.39, 0.29) is 29.6 Å². The van der Waals surface area contributed by atoms with Crippen molar-refractivity contribution >= 4 is 34.1 Å². The fourth-order valence-corrected chi connectivity index (χ4v) is 4.58. The Bertz CT molecular complexity index is 1670. The molecule has 0 spiro atoms. The van der Waals surface area contributed by atoms with Crippen molar-refractivity contribution < 1.29 is 23.9 Å². The molecule has 0 aliphatic carbocycles. The molecular formula is C27H24N8O5. The first-order valence-corrected chi connectivity index (χ1v) is 12.5. The quantitative estimate of drug-likeness (QED) is 0.159. The number of esters is 1. The highest BCUT2D eigenvalue weighted by Gasteiger charge is 2.30. The summed E-state index contributed by atoms with van der Waals surface area (Å²) in [4.78, 5) is 55.8. The van der Waals surface area contributed by atoms with E-state index in [0.29, 0.717) is 48.1 Å². The van der Waals surface area contributed by atoms with Crippen LogP contribution in [0.15, 0.2) is 48.7 Å². The summed E-state index contributed by atoms with van der Waals surface area (Å²) in [6.07, 6.45) is 6.66. The molecule has 0 unspecified atom stereocenters. The minimum atomic E-state index is -0.717. The van der Waals surface area contributed by atoms with Crippen molar-refractivity contribution in [1.29, 1.82) is 5.26 Å². The number of H-pyrrole nitrogens is 1. The summed E-state index contributed by atoms with van der Waals surface area (Å²) in [6, 6.07) is 7.60. The van der Waals surface area contributed by atoms with Gasteiger partial charge in [-0.3, -0.25) is 14.6 Å². The maximum atomic E-state index is 13.4. The van der Waals surface area contributed by atoms with Crippen LogP contribution in [0.1, 0.15) is 46.4 Å². The number of pyridine rings is 2. The number of ketones is 1. The van der Waals surface area contributed by atoms with Crippen molar-refractivity contribution in [3.05, 3.63) is 65.8 Å². The van der Waals surface area contributed by atoms with Crippen LogP contribution in [-0.4, -0.2) is 79.1 Å². The van der Waals surface area contributed by atoms with Gasteiger partial charge in [0.25, 0.3) is 17.5 Å². The van der Waals surface area contributed by atoms with E-state index in [1.54, 1.807) is 25.3 Å². The van der Waals surface area contributed by atoms with Gasteiger partial charge in [0.05, 0.1) is 47.6 Å². The standard InChI is InChI=1S/C27H24N8O5/c1-3-40-27(38)24-32-15-35(33-24)25-22-21(20(39-2)14-31-25)18(13-30-22)23(36)26(37)34-10-7-16(8-11-34)17(12-28)19-6-4-5-9-29-19/h4-6,9,13-15,30H,3,7-8,10-11H2,1-2H3. The lowest BCUT2D eigenvalue weighted by Gasteiger charge is -2.28. The molecule has 0 atom stereocenters. The molecule has 13 nitrogen and oxygen atoms in total. The SMILES string of the molecule is CCOC(=O)c1ncn(-c2ncc(OC)c3c(C(=O)C(=O)N4CCC(=C(C#N)c5ccccn5)CC4)c[nH]c23)n1. The summed E-state index contributed by atoms with van der Waals surface area (Å²) < 4.78 is 11.6. The number of amides is 1. The summed E-state index contributed by atoms with van der Waals surface area (Å²) in [5, 5.41) is 14.2. The second-order valence-corrected chi connectivity index (χ2v) is 8.76. The Kier molecular flexibility index (Phi) is 7.32. The van der Waals surface area contributed by atoms with E-state index < -0.39 is 17.7 Å². The van der Waals surface area contributed by atoms with Crippen molar-refractivity contribution in [2.75, 3.05) is 26.8 Å². The lowest BCUT2D eigenvalue weighted by atomic mass is 9.95. The third-order valence-electron chi connectivity index (χ3n) is 6.52. The Morgan fingerprint density at radius 1 is 1.15 bits per heavy atom. The molecule has 1 fully saturated rings. The third-order valence-corrected chi connectivity index (χ3v) is 6.52. The van der Waals surface area contributed by atoms with Crippen LogP contribution in [0.2, 0.25) is 0 Å². The average molecular weight is 541 g/mol. The Labute approximate surface area is 228 Å². The number of aromatic nitrogens is 6. The van der Waals surface area contributed by atoms with Crippen LogP contribution in [0.4, 0.5) is 0 Å². The molecule has 13 heteroatoms. The number of nitriles is 1. The van der Waals surface area contributed by atoms with E-state index in [2.05, 4.69) is 31.1 Å². The van der Waals surface area contributed by atoms with Gasteiger partial charge in [-0.2, -0.15) is 9.94 Å². The van der Waals surface area contributed by atoms with Gasteiger partial charge in [-0.05, 0) is 37.5 Å². The van der Waals surface area contributed by atoms with E-state index in [1.165, 1.54) is 35.4 Å². The molecule has 202 valence electrons. The molecule has 0 bridgehead atoms. The van der Waals surface area contributed by atoms with Gasteiger partial charge in [-0.25, -0.2) is 14.8 Å². The number of rotatable bonds is 7. The third kappa shape index (κ3) is 4.78. The average Bonchev–Trinajstić information content (AvgIpc) is 3.66. The summed E-state index contributed by atoms with van der Waals surface area (Å²) in [6.45, 7) is 2.43. The number of Topliss-reactive ketones (excluding diaryl/α,β-unsaturated/α-hetero) is 1. The lowest BCUT2D eigenvalue weighted by Crippen LogP contribution is -2.40. The molecule has 0 radical (unpaired) electrons. The molecular weight excluding hydrogens is 516 g/mol. The van der Waals surface area contributed by atoms with Crippen molar-refractivity contribution in [1.82, 2.24) is 34.6 Å². The van der Waals surface area contributed by atoms with Crippen LogP contribution >= 0.6 is 0 Å². The van der Waals surface area contributed by atoms with Gasteiger partial charge in [-0.15, -0.1) is 5.10 Å². The predicted octanol–water partition coefficient (Wildman–Crippen LogP) is 2.51. The van der Waals surface area contributed by atoms with Gasteiger partial charge in [0.2, 0.25) is 0 Å². The highest BCUT2D eigenvalue weighted by atomic mass is 16.5. The normalized spacial score (nSPS) is 13.1. The Hall–Kier alpha value is -5.38. The molecule has 1 aliphatic rings. The minimum Gasteiger partial charge on any atom is -0.494 e. The van der Waals surface area contributed by atoms with Crippen molar-refractivity contribution in [2.24, 2.45) is 0 Å².